The molecule has 0 spiro atoms. The normalized spacial score (nSPS) is 23.1. The molecule has 1 unspecified atom stereocenters. The summed E-state index contributed by atoms with van der Waals surface area (Å²) in [6.07, 6.45) is 2.36. The Labute approximate surface area is 102 Å². The van der Waals surface area contributed by atoms with Crippen LogP contribution in [0.15, 0.2) is 18.3 Å². The summed E-state index contributed by atoms with van der Waals surface area (Å²) in [6.45, 7) is 0.639. The molecule has 1 fully saturated rings. The standard InChI is InChI=1S/C11H17N3O2S/c1-14(10-4-6-17(15,16)8-10)7-9-3-2-5-13-11(9)12/h2-3,5,10H,4,6-8H2,1H3,(H2,12,13). The molecule has 1 aromatic rings. The maximum atomic E-state index is 11.4. The lowest BCUT2D eigenvalue weighted by Gasteiger charge is -2.23. The SMILES string of the molecule is CN(Cc1cccnc1N)C1CCS(=O)(=O)C1. The van der Waals surface area contributed by atoms with Crippen LogP contribution in [0, 0.1) is 0 Å². The molecule has 0 radical (unpaired) electrons. The van der Waals surface area contributed by atoms with Crippen LogP contribution < -0.4 is 5.73 Å². The first-order valence-corrected chi connectivity index (χ1v) is 7.40. The Balaban J connectivity index is 2.03. The number of nitrogens with two attached hydrogens (primary N) is 1. The van der Waals surface area contributed by atoms with E-state index in [1.165, 1.54) is 0 Å². The summed E-state index contributed by atoms with van der Waals surface area (Å²) >= 11 is 0. The molecule has 1 aliphatic rings. The van der Waals surface area contributed by atoms with Gasteiger partial charge >= 0.3 is 0 Å². The van der Waals surface area contributed by atoms with E-state index in [0.29, 0.717) is 24.5 Å². The van der Waals surface area contributed by atoms with Crippen LogP contribution in [-0.2, 0) is 16.4 Å². The van der Waals surface area contributed by atoms with Gasteiger partial charge in [0.05, 0.1) is 11.5 Å². The fourth-order valence-corrected chi connectivity index (χ4v) is 3.91. The monoisotopic (exact) mass is 255 g/mol. The van der Waals surface area contributed by atoms with E-state index < -0.39 is 9.84 Å². The Morgan fingerprint density at radius 2 is 2.35 bits per heavy atom. The zero-order chi connectivity index (χ0) is 12.5. The van der Waals surface area contributed by atoms with E-state index in [-0.39, 0.29) is 11.8 Å². The number of rotatable bonds is 3. The second-order valence-electron chi connectivity index (χ2n) is 4.52. The summed E-state index contributed by atoms with van der Waals surface area (Å²) in [5.74, 6) is 1.06. The van der Waals surface area contributed by atoms with Crippen molar-refractivity contribution in [1.29, 1.82) is 0 Å². The topological polar surface area (TPSA) is 76.3 Å². The zero-order valence-corrected chi connectivity index (χ0v) is 10.7. The molecule has 1 atom stereocenters. The van der Waals surface area contributed by atoms with Crippen molar-refractivity contribution in [3.63, 3.8) is 0 Å². The van der Waals surface area contributed by atoms with Crippen LogP contribution in [0.25, 0.3) is 0 Å². The molecular weight excluding hydrogens is 238 g/mol. The fourth-order valence-electron chi connectivity index (χ4n) is 2.11. The van der Waals surface area contributed by atoms with Gasteiger partial charge in [0.2, 0.25) is 0 Å². The molecule has 2 rings (SSSR count). The number of anilines is 1. The maximum Gasteiger partial charge on any atom is 0.151 e. The molecule has 2 N–H and O–H groups in total. The molecule has 1 saturated heterocycles. The molecule has 17 heavy (non-hydrogen) atoms. The van der Waals surface area contributed by atoms with Crippen molar-refractivity contribution in [1.82, 2.24) is 9.88 Å². The summed E-state index contributed by atoms with van der Waals surface area (Å²) in [5, 5.41) is 0. The second-order valence-corrected chi connectivity index (χ2v) is 6.75. The lowest BCUT2D eigenvalue weighted by Crippen LogP contribution is -2.32. The molecule has 1 aliphatic heterocycles. The number of nitrogens with zero attached hydrogens (tertiary/aromatic N) is 2. The first-order chi connectivity index (χ1) is 7.98. The highest BCUT2D eigenvalue weighted by molar-refractivity contribution is 7.91. The predicted molar refractivity (Wildman–Crippen MR) is 67.2 cm³/mol. The van der Waals surface area contributed by atoms with E-state index in [0.717, 1.165) is 5.56 Å². The van der Waals surface area contributed by atoms with Crippen molar-refractivity contribution in [3.8, 4) is 0 Å². The summed E-state index contributed by atoms with van der Waals surface area (Å²) in [7, 11) is -0.903. The van der Waals surface area contributed by atoms with Crippen LogP contribution in [0.1, 0.15) is 12.0 Å². The number of sulfone groups is 1. The largest absolute Gasteiger partial charge is 0.383 e. The van der Waals surface area contributed by atoms with Crippen LogP contribution in [0.2, 0.25) is 0 Å². The average Bonchev–Trinajstić information content (AvgIpc) is 2.62. The minimum Gasteiger partial charge on any atom is -0.383 e. The molecule has 0 saturated carbocycles. The van der Waals surface area contributed by atoms with Gasteiger partial charge in [-0.05, 0) is 19.5 Å². The number of aromatic nitrogens is 1. The third-order valence-electron chi connectivity index (χ3n) is 3.18. The highest BCUT2D eigenvalue weighted by Crippen LogP contribution is 2.19. The number of nitrogen functional groups attached to an aromatic ring is 1. The van der Waals surface area contributed by atoms with E-state index in [9.17, 15) is 8.42 Å². The van der Waals surface area contributed by atoms with Gasteiger partial charge in [0.15, 0.2) is 9.84 Å². The Kier molecular flexibility index (Phi) is 3.35. The van der Waals surface area contributed by atoms with Crippen LogP contribution >= 0.6 is 0 Å². The van der Waals surface area contributed by atoms with Gasteiger partial charge in [-0.3, -0.25) is 4.90 Å². The third kappa shape index (κ3) is 2.95. The Hall–Kier alpha value is -1.14. The van der Waals surface area contributed by atoms with Gasteiger partial charge < -0.3 is 5.73 Å². The molecule has 5 nitrogen and oxygen atoms in total. The van der Waals surface area contributed by atoms with Crippen molar-refractivity contribution < 1.29 is 8.42 Å². The second kappa shape index (κ2) is 4.62. The molecule has 0 aromatic carbocycles. The predicted octanol–water partition coefficient (Wildman–Crippen LogP) is 0.283. The van der Waals surface area contributed by atoms with Crippen molar-refractivity contribution in [2.75, 3.05) is 24.3 Å². The molecule has 2 heterocycles. The summed E-state index contributed by atoms with van der Waals surface area (Å²) < 4.78 is 22.8. The Bertz CT molecular complexity index is 501. The molecule has 0 amide bonds. The Morgan fingerprint density at radius 1 is 1.59 bits per heavy atom. The first kappa shape index (κ1) is 12.3. The minimum atomic E-state index is -2.83. The lowest BCUT2D eigenvalue weighted by molar-refractivity contribution is 0.254. The maximum absolute atomic E-state index is 11.4. The van der Waals surface area contributed by atoms with Gasteiger partial charge in [-0.15, -0.1) is 0 Å². The Morgan fingerprint density at radius 3 is 2.94 bits per heavy atom. The summed E-state index contributed by atoms with van der Waals surface area (Å²) in [6, 6.07) is 3.85. The van der Waals surface area contributed by atoms with Gasteiger partial charge in [0, 0.05) is 24.3 Å². The van der Waals surface area contributed by atoms with Crippen molar-refractivity contribution in [3.05, 3.63) is 23.9 Å². The van der Waals surface area contributed by atoms with E-state index in [4.69, 9.17) is 5.73 Å². The van der Waals surface area contributed by atoms with Gasteiger partial charge in [-0.2, -0.15) is 0 Å². The molecule has 1 aromatic heterocycles. The van der Waals surface area contributed by atoms with E-state index in [2.05, 4.69) is 4.98 Å². The van der Waals surface area contributed by atoms with Crippen molar-refractivity contribution in [2.24, 2.45) is 0 Å². The summed E-state index contributed by atoms with van der Waals surface area (Å²) in [4.78, 5) is 6.06. The minimum absolute atomic E-state index is 0.0969. The van der Waals surface area contributed by atoms with E-state index in [1.807, 2.05) is 24.1 Å². The van der Waals surface area contributed by atoms with Gasteiger partial charge in [-0.25, -0.2) is 13.4 Å². The molecule has 6 heteroatoms. The average molecular weight is 255 g/mol. The van der Waals surface area contributed by atoms with E-state index >= 15 is 0 Å². The molecule has 0 aliphatic carbocycles. The van der Waals surface area contributed by atoms with Gasteiger partial charge in [-0.1, -0.05) is 6.07 Å². The summed E-state index contributed by atoms with van der Waals surface area (Å²) in [5.41, 5.74) is 6.71. The number of pyridine rings is 1. The van der Waals surface area contributed by atoms with Crippen LogP contribution in [-0.4, -0.2) is 42.9 Å². The van der Waals surface area contributed by atoms with Crippen LogP contribution in [0.5, 0.6) is 0 Å². The third-order valence-corrected chi connectivity index (χ3v) is 4.93. The lowest BCUT2D eigenvalue weighted by atomic mass is 10.2. The molecular formula is C11H17N3O2S. The van der Waals surface area contributed by atoms with Gasteiger partial charge in [0.25, 0.3) is 0 Å². The van der Waals surface area contributed by atoms with Crippen LogP contribution in [0.4, 0.5) is 5.82 Å². The zero-order valence-electron chi connectivity index (χ0n) is 9.83. The highest BCUT2D eigenvalue weighted by Gasteiger charge is 2.30. The first-order valence-electron chi connectivity index (χ1n) is 5.58. The van der Waals surface area contributed by atoms with Crippen molar-refractivity contribution >= 4 is 15.7 Å². The number of hydrogen-bond donors (Lipinski definition) is 1. The van der Waals surface area contributed by atoms with Gasteiger partial charge in [0.1, 0.15) is 5.82 Å². The van der Waals surface area contributed by atoms with Crippen molar-refractivity contribution in [2.45, 2.75) is 19.0 Å². The fraction of sp³-hybridized carbons (Fsp3) is 0.545. The molecule has 0 bridgehead atoms. The smallest absolute Gasteiger partial charge is 0.151 e. The highest BCUT2D eigenvalue weighted by atomic mass is 32.2. The quantitative estimate of drug-likeness (QED) is 0.839. The molecule has 94 valence electrons. The number of hydrogen-bond acceptors (Lipinski definition) is 5. The van der Waals surface area contributed by atoms with E-state index in [1.54, 1.807) is 6.20 Å². The van der Waals surface area contributed by atoms with Crippen LogP contribution in [0.3, 0.4) is 0 Å².